The monoisotopic (exact) mass is 230 g/mol. The summed E-state index contributed by atoms with van der Waals surface area (Å²) >= 11 is 0. The van der Waals surface area contributed by atoms with Crippen LogP contribution in [0.2, 0.25) is 0 Å². The summed E-state index contributed by atoms with van der Waals surface area (Å²) in [6, 6.07) is 9.35. The number of hydrogen-bond donors (Lipinski definition) is 2. The van der Waals surface area contributed by atoms with Gasteiger partial charge in [0.1, 0.15) is 0 Å². The lowest BCUT2D eigenvalue weighted by Crippen LogP contribution is -2.04. The Labute approximate surface area is 99.7 Å². The first-order valence-electron chi connectivity index (χ1n) is 5.23. The van der Waals surface area contributed by atoms with E-state index in [-0.39, 0.29) is 0 Å². The van der Waals surface area contributed by atoms with Crippen molar-refractivity contribution in [1.82, 2.24) is 9.97 Å². The molecule has 88 valence electrons. The second-order valence-corrected chi connectivity index (χ2v) is 3.52. The maximum Gasteiger partial charge on any atom is 0.226 e. The van der Waals surface area contributed by atoms with Crippen molar-refractivity contribution in [3.8, 4) is 5.88 Å². The van der Waals surface area contributed by atoms with Crippen LogP contribution in [0.3, 0.4) is 0 Å². The molecule has 0 aliphatic heterocycles. The number of nitrogen functional groups attached to an aromatic ring is 1. The van der Waals surface area contributed by atoms with Gasteiger partial charge in [-0.05, 0) is 17.7 Å². The summed E-state index contributed by atoms with van der Waals surface area (Å²) in [6.07, 6.45) is 1.65. The van der Waals surface area contributed by atoms with E-state index in [4.69, 9.17) is 10.5 Å². The molecule has 0 saturated heterocycles. The predicted octanol–water partition coefficient (Wildman–Crippen LogP) is 1.68. The summed E-state index contributed by atoms with van der Waals surface area (Å²) in [5.74, 6) is 1.08. The smallest absolute Gasteiger partial charge is 0.226 e. The number of hydrogen-bond acceptors (Lipinski definition) is 5. The molecule has 1 aromatic heterocycles. The second kappa shape index (κ2) is 5.16. The van der Waals surface area contributed by atoms with Gasteiger partial charge in [0.25, 0.3) is 0 Å². The topological polar surface area (TPSA) is 73.1 Å². The van der Waals surface area contributed by atoms with Gasteiger partial charge in [-0.2, -0.15) is 4.98 Å². The van der Waals surface area contributed by atoms with E-state index < -0.39 is 0 Å². The van der Waals surface area contributed by atoms with E-state index in [9.17, 15) is 0 Å². The zero-order valence-electron chi connectivity index (χ0n) is 9.55. The molecule has 0 saturated carbocycles. The normalized spacial score (nSPS) is 9.94. The van der Waals surface area contributed by atoms with Gasteiger partial charge in [0.15, 0.2) is 0 Å². The maximum atomic E-state index is 5.61. The number of anilines is 2. The third kappa shape index (κ3) is 3.07. The molecule has 0 atom stereocenters. The molecule has 0 amide bonds. The Kier molecular flexibility index (Phi) is 3.40. The van der Waals surface area contributed by atoms with Gasteiger partial charge in [-0.1, -0.05) is 12.1 Å². The minimum atomic E-state index is 0.541. The van der Waals surface area contributed by atoms with E-state index in [1.807, 2.05) is 24.3 Å². The SMILES string of the molecule is COc1ccnc(NCc2ccc(N)cc2)n1. The summed E-state index contributed by atoms with van der Waals surface area (Å²) in [5, 5.41) is 3.11. The number of nitrogens with two attached hydrogens (primary N) is 1. The highest BCUT2D eigenvalue weighted by atomic mass is 16.5. The number of nitrogens with zero attached hydrogens (tertiary/aromatic N) is 2. The van der Waals surface area contributed by atoms with Crippen molar-refractivity contribution in [1.29, 1.82) is 0 Å². The van der Waals surface area contributed by atoms with Crippen LogP contribution >= 0.6 is 0 Å². The van der Waals surface area contributed by atoms with Gasteiger partial charge in [-0.3, -0.25) is 0 Å². The molecule has 0 unspecified atom stereocenters. The van der Waals surface area contributed by atoms with Crippen molar-refractivity contribution >= 4 is 11.6 Å². The van der Waals surface area contributed by atoms with Crippen LogP contribution in [0.5, 0.6) is 5.88 Å². The molecule has 0 spiro atoms. The molecule has 0 bridgehead atoms. The van der Waals surface area contributed by atoms with Crippen molar-refractivity contribution in [2.75, 3.05) is 18.2 Å². The molecule has 0 aliphatic rings. The van der Waals surface area contributed by atoms with Gasteiger partial charge in [-0.25, -0.2) is 4.98 Å². The van der Waals surface area contributed by atoms with Crippen LogP contribution in [0.25, 0.3) is 0 Å². The standard InChI is InChI=1S/C12H14N4O/c1-17-11-6-7-14-12(16-11)15-8-9-2-4-10(13)5-3-9/h2-7H,8,13H2,1H3,(H,14,15,16). The first-order chi connectivity index (χ1) is 8.28. The fraction of sp³-hybridized carbons (Fsp3) is 0.167. The van der Waals surface area contributed by atoms with E-state index in [2.05, 4.69) is 15.3 Å². The van der Waals surface area contributed by atoms with E-state index >= 15 is 0 Å². The summed E-state index contributed by atoms with van der Waals surface area (Å²) in [6.45, 7) is 0.646. The molecule has 3 N–H and O–H groups in total. The highest BCUT2D eigenvalue weighted by Gasteiger charge is 1.98. The van der Waals surface area contributed by atoms with E-state index in [1.54, 1.807) is 19.4 Å². The number of nitrogens with one attached hydrogen (secondary N) is 1. The molecule has 5 nitrogen and oxygen atoms in total. The van der Waals surface area contributed by atoms with Crippen LogP contribution in [0.4, 0.5) is 11.6 Å². The zero-order valence-corrected chi connectivity index (χ0v) is 9.55. The molecule has 5 heteroatoms. The number of methoxy groups -OCH3 is 1. The van der Waals surface area contributed by atoms with Crippen LogP contribution in [0.1, 0.15) is 5.56 Å². The van der Waals surface area contributed by atoms with Gasteiger partial charge in [0, 0.05) is 24.5 Å². The average Bonchev–Trinajstić information content (AvgIpc) is 2.38. The highest BCUT2D eigenvalue weighted by molar-refractivity contribution is 5.40. The van der Waals surface area contributed by atoms with Gasteiger partial charge in [0.2, 0.25) is 11.8 Å². The third-order valence-electron chi connectivity index (χ3n) is 2.27. The van der Waals surface area contributed by atoms with E-state index in [0.717, 1.165) is 11.3 Å². The minimum Gasteiger partial charge on any atom is -0.481 e. The summed E-state index contributed by atoms with van der Waals surface area (Å²) in [5.41, 5.74) is 7.48. The van der Waals surface area contributed by atoms with Crippen LogP contribution in [-0.2, 0) is 6.54 Å². The Morgan fingerprint density at radius 2 is 2.00 bits per heavy atom. The van der Waals surface area contributed by atoms with Crippen molar-refractivity contribution < 1.29 is 4.74 Å². The fourth-order valence-electron chi connectivity index (χ4n) is 1.36. The number of ether oxygens (including phenoxy) is 1. The first-order valence-corrected chi connectivity index (χ1v) is 5.23. The molecule has 0 fully saturated rings. The predicted molar refractivity (Wildman–Crippen MR) is 66.8 cm³/mol. The maximum absolute atomic E-state index is 5.61. The lowest BCUT2D eigenvalue weighted by atomic mass is 10.2. The van der Waals surface area contributed by atoms with Crippen molar-refractivity contribution in [3.63, 3.8) is 0 Å². The summed E-state index contributed by atoms with van der Waals surface area (Å²) in [4.78, 5) is 8.25. The van der Waals surface area contributed by atoms with Crippen molar-refractivity contribution in [3.05, 3.63) is 42.1 Å². The molecule has 0 aliphatic carbocycles. The van der Waals surface area contributed by atoms with Crippen LogP contribution in [0.15, 0.2) is 36.5 Å². The lowest BCUT2D eigenvalue weighted by Gasteiger charge is -2.06. The van der Waals surface area contributed by atoms with Crippen LogP contribution < -0.4 is 15.8 Å². The Morgan fingerprint density at radius 3 is 2.71 bits per heavy atom. The van der Waals surface area contributed by atoms with Gasteiger partial charge in [-0.15, -0.1) is 0 Å². The molecule has 17 heavy (non-hydrogen) atoms. The molecule has 1 heterocycles. The zero-order chi connectivity index (χ0) is 12.1. The molecule has 2 rings (SSSR count). The molecular weight excluding hydrogens is 216 g/mol. The quantitative estimate of drug-likeness (QED) is 0.782. The lowest BCUT2D eigenvalue weighted by molar-refractivity contribution is 0.397. The first kappa shape index (κ1) is 11.2. The van der Waals surface area contributed by atoms with E-state index in [0.29, 0.717) is 18.4 Å². The molecule has 2 aromatic rings. The molecule has 1 aromatic carbocycles. The Balaban J connectivity index is 1.99. The van der Waals surface area contributed by atoms with Crippen LogP contribution in [0, 0.1) is 0 Å². The van der Waals surface area contributed by atoms with E-state index in [1.165, 1.54) is 0 Å². The van der Waals surface area contributed by atoms with Crippen molar-refractivity contribution in [2.45, 2.75) is 6.54 Å². The minimum absolute atomic E-state index is 0.541. The molecular formula is C12H14N4O. The Bertz CT molecular complexity index is 484. The third-order valence-corrected chi connectivity index (χ3v) is 2.27. The number of benzene rings is 1. The Morgan fingerprint density at radius 1 is 1.24 bits per heavy atom. The highest BCUT2D eigenvalue weighted by Crippen LogP contribution is 2.10. The average molecular weight is 230 g/mol. The Hall–Kier alpha value is -2.30. The van der Waals surface area contributed by atoms with Gasteiger partial charge >= 0.3 is 0 Å². The second-order valence-electron chi connectivity index (χ2n) is 3.52. The van der Waals surface area contributed by atoms with Gasteiger partial charge in [0.05, 0.1) is 7.11 Å². The van der Waals surface area contributed by atoms with Crippen molar-refractivity contribution in [2.24, 2.45) is 0 Å². The molecule has 0 radical (unpaired) electrons. The summed E-state index contributed by atoms with van der Waals surface area (Å²) in [7, 11) is 1.58. The van der Waals surface area contributed by atoms with Crippen LogP contribution in [-0.4, -0.2) is 17.1 Å². The summed E-state index contributed by atoms with van der Waals surface area (Å²) < 4.78 is 5.01. The van der Waals surface area contributed by atoms with Gasteiger partial charge < -0.3 is 15.8 Å². The largest absolute Gasteiger partial charge is 0.481 e. The fourth-order valence-corrected chi connectivity index (χ4v) is 1.36. The number of aromatic nitrogens is 2. The number of rotatable bonds is 4.